The largest absolute Gasteiger partial charge is 0.318 e. The second kappa shape index (κ2) is 6.43. The lowest BCUT2D eigenvalue weighted by atomic mass is 9.99. The molecule has 128 valence electrons. The van der Waals surface area contributed by atoms with E-state index in [0.717, 1.165) is 10.8 Å². The van der Waals surface area contributed by atoms with Gasteiger partial charge in [-0.1, -0.05) is 48.0 Å². The van der Waals surface area contributed by atoms with E-state index in [1.807, 2.05) is 24.3 Å². The fourth-order valence-electron chi connectivity index (χ4n) is 2.49. The number of anilines is 1. The van der Waals surface area contributed by atoms with Crippen LogP contribution in [0.4, 0.5) is 10.2 Å². The number of amides is 1. The van der Waals surface area contributed by atoms with E-state index in [1.54, 1.807) is 26.0 Å². The van der Waals surface area contributed by atoms with Crippen molar-refractivity contribution in [2.75, 3.05) is 5.32 Å². The third-order valence-corrected chi connectivity index (χ3v) is 4.10. The monoisotopic (exact) mass is 357 g/mol. The van der Waals surface area contributed by atoms with Gasteiger partial charge in [-0.25, -0.2) is 9.37 Å². The smallest absolute Gasteiger partial charge is 0.245 e. The number of fused-ring (bicyclic) bond motifs is 1. The average Bonchev–Trinajstić information content (AvgIpc) is 2.56. The highest BCUT2D eigenvalue weighted by atomic mass is 35.5. The summed E-state index contributed by atoms with van der Waals surface area (Å²) in [5.74, 6) is -0.447. The lowest BCUT2D eigenvalue weighted by Crippen LogP contribution is -2.45. The Hall–Kier alpha value is -2.50. The number of hydrogen-bond acceptors (Lipinski definition) is 3. The normalized spacial score (nSPS) is 11.6. The van der Waals surface area contributed by atoms with Crippen molar-refractivity contribution in [3.05, 3.63) is 59.5 Å². The summed E-state index contributed by atoms with van der Waals surface area (Å²) in [6.45, 7) is 3.20. The molecule has 0 fully saturated rings. The standard InChI is InChI=1S/C19H17ClFN3O/c1-19(2,22)18(25)24-17-15(11-7-9-12(21)10-8-11)13-5-3-4-6-14(13)16(20)23-17/h3-10H,22H2,1-2H3,(H,23,24,25). The van der Waals surface area contributed by atoms with E-state index in [0.29, 0.717) is 16.9 Å². The molecular formula is C19H17ClFN3O. The van der Waals surface area contributed by atoms with Gasteiger partial charge in [0, 0.05) is 10.9 Å². The SMILES string of the molecule is CC(C)(N)C(=O)Nc1nc(Cl)c2ccccc2c1-c1ccc(F)cc1. The molecule has 3 aromatic rings. The summed E-state index contributed by atoms with van der Waals surface area (Å²) in [6, 6.07) is 13.4. The molecule has 0 spiro atoms. The third-order valence-electron chi connectivity index (χ3n) is 3.82. The zero-order valence-corrected chi connectivity index (χ0v) is 14.6. The number of nitrogens with one attached hydrogen (secondary N) is 1. The molecule has 3 N–H and O–H groups in total. The van der Waals surface area contributed by atoms with Crippen LogP contribution in [0.1, 0.15) is 13.8 Å². The van der Waals surface area contributed by atoms with E-state index in [1.165, 1.54) is 12.1 Å². The number of carbonyl (C=O) groups is 1. The van der Waals surface area contributed by atoms with Gasteiger partial charge in [-0.2, -0.15) is 0 Å². The van der Waals surface area contributed by atoms with Gasteiger partial charge in [0.15, 0.2) is 0 Å². The zero-order chi connectivity index (χ0) is 18.2. The minimum atomic E-state index is -1.08. The lowest BCUT2D eigenvalue weighted by Gasteiger charge is -2.20. The molecule has 0 bridgehead atoms. The van der Waals surface area contributed by atoms with E-state index in [9.17, 15) is 9.18 Å². The van der Waals surface area contributed by atoms with Crippen LogP contribution in [-0.2, 0) is 4.79 Å². The zero-order valence-electron chi connectivity index (χ0n) is 13.8. The van der Waals surface area contributed by atoms with Crippen molar-refractivity contribution in [2.24, 2.45) is 5.73 Å². The predicted molar refractivity (Wildman–Crippen MR) is 99.0 cm³/mol. The van der Waals surface area contributed by atoms with Crippen molar-refractivity contribution < 1.29 is 9.18 Å². The molecule has 0 aliphatic rings. The molecule has 0 unspecified atom stereocenters. The molecule has 4 nitrogen and oxygen atoms in total. The van der Waals surface area contributed by atoms with E-state index in [2.05, 4.69) is 10.3 Å². The molecule has 1 heterocycles. The molecule has 0 saturated heterocycles. The summed E-state index contributed by atoms with van der Waals surface area (Å²) < 4.78 is 13.3. The van der Waals surface area contributed by atoms with Gasteiger partial charge < -0.3 is 11.1 Å². The van der Waals surface area contributed by atoms with Gasteiger partial charge in [0.1, 0.15) is 16.8 Å². The quantitative estimate of drug-likeness (QED) is 0.684. The molecule has 1 aromatic heterocycles. The van der Waals surface area contributed by atoms with Crippen molar-refractivity contribution in [3.63, 3.8) is 0 Å². The molecule has 3 rings (SSSR count). The van der Waals surface area contributed by atoms with Crippen LogP contribution in [0.25, 0.3) is 21.9 Å². The fraction of sp³-hybridized carbons (Fsp3) is 0.158. The van der Waals surface area contributed by atoms with E-state index in [4.69, 9.17) is 17.3 Å². The van der Waals surface area contributed by atoms with Crippen LogP contribution in [-0.4, -0.2) is 16.4 Å². The lowest BCUT2D eigenvalue weighted by molar-refractivity contribution is -0.120. The number of benzene rings is 2. The van der Waals surface area contributed by atoms with Crippen LogP contribution in [0.15, 0.2) is 48.5 Å². The third kappa shape index (κ3) is 3.48. The Labute approximate surface area is 149 Å². The first-order valence-electron chi connectivity index (χ1n) is 7.72. The topological polar surface area (TPSA) is 68.0 Å². The molecular weight excluding hydrogens is 341 g/mol. The maximum atomic E-state index is 13.3. The maximum absolute atomic E-state index is 13.3. The Morgan fingerprint density at radius 2 is 1.72 bits per heavy atom. The highest BCUT2D eigenvalue weighted by Crippen LogP contribution is 2.37. The van der Waals surface area contributed by atoms with Crippen molar-refractivity contribution in [3.8, 4) is 11.1 Å². The second-order valence-corrected chi connectivity index (χ2v) is 6.71. The van der Waals surface area contributed by atoms with E-state index in [-0.39, 0.29) is 11.0 Å². The molecule has 0 aliphatic carbocycles. The first-order valence-corrected chi connectivity index (χ1v) is 8.09. The van der Waals surface area contributed by atoms with E-state index >= 15 is 0 Å². The number of hydrogen-bond donors (Lipinski definition) is 2. The minimum Gasteiger partial charge on any atom is -0.318 e. The van der Waals surface area contributed by atoms with Gasteiger partial charge in [-0.05, 0) is 36.9 Å². The number of carbonyl (C=O) groups excluding carboxylic acids is 1. The highest BCUT2D eigenvalue weighted by molar-refractivity contribution is 6.35. The molecule has 2 aromatic carbocycles. The Kier molecular flexibility index (Phi) is 4.45. The summed E-state index contributed by atoms with van der Waals surface area (Å²) in [4.78, 5) is 16.7. The summed E-state index contributed by atoms with van der Waals surface area (Å²) in [5.41, 5.74) is 6.16. The van der Waals surface area contributed by atoms with Gasteiger partial charge in [0.05, 0.1) is 5.54 Å². The van der Waals surface area contributed by atoms with Crippen LogP contribution in [0.3, 0.4) is 0 Å². The van der Waals surface area contributed by atoms with Gasteiger partial charge in [0.2, 0.25) is 5.91 Å². The highest BCUT2D eigenvalue weighted by Gasteiger charge is 2.24. The number of pyridine rings is 1. The molecule has 0 radical (unpaired) electrons. The van der Waals surface area contributed by atoms with E-state index < -0.39 is 11.4 Å². The average molecular weight is 358 g/mol. The first-order chi connectivity index (χ1) is 11.8. The van der Waals surface area contributed by atoms with Crippen LogP contribution in [0, 0.1) is 5.82 Å². The van der Waals surface area contributed by atoms with Crippen LogP contribution in [0.5, 0.6) is 0 Å². The Balaban J connectivity index is 2.26. The summed E-state index contributed by atoms with van der Waals surface area (Å²) >= 11 is 6.29. The van der Waals surface area contributed by atoms with Crippen molar-refractivity contribution in [1.82, 2.24) is 4.98 Å². The Morgan fingerprint density at radius 1 is 1.12 bits per heavy atom. The second-order valence-electron chi connectivity index (χ2n) is 6.35. The summed E-state index contributed by atoms with van der Waals surface area (Å²) in [6.07, 6.45) is 0. The van der Waals surface area contributed by atoms with Crippen LogP contribution < -0.4 is 11.1 Å². The number of rotatable bonds is 3. The Morgan fingerprint density at radius 3 is 2.32 bits per heavy atom. The molecule has 0 saturated carbocycles. The molecule has 1 amide bonds. The van der Waals surface area contributed by atoms with Gasteiger partial charge in [0.25, 0.3) is 0 Å². The Bertz CT molecular complexity index is 949. The predicted octanol–water partition coefficient (Wildman–Crippen LogP) is 4.37. The number of halogens is 2. The van der Waals surface area contributed by atoms with Gasteiger partial charge in [-0.3, -0.25) is 4.79 Å². The minimum absolute atomic E-state index is 0.270. The number of aromatic nitrogens is 1. The number of nitrogens with zero attached hydrogens (tertiary/aromatic N) is 1. The maximum Gasteiger partial charge on any atom is 0.245 e. The molecule has 6 heteroatoms. The fourth-order valence-corrected chi connectivity index (χ4v) is 2.74. The summed E-state index contributed by atoms with van der Waals surface area (Å²) in [5, 5.41) is 4.56. The van der Waals surface area contributed by atoms with Gasteiger partial charge >= 0.3 is 0 Å². The molecule has 25 heavy (non-hydrogen) atoms. The van der Waals surface area contributed by atoms with Crippen LogP contribution in [0.2, 0.25) is 5.15 Å². The number of nitrogens with two attached hydrogens (primary N) is 1. The van der Waals surface area contributed by atoms with Crippen molar-refractivity contribution >= 4 is 34.1 Å². The summed E-state index contributed by atoms with van der Waals surface area (Å²) in [7, 11) is 0. The first kappa shape index (κ1) is 17.3. The molecule has 0 aliphatic heterocycles. The van der Waals surface area contributed by atoms with Gasteiger partial charge in [-0.15, -0.1) is 0 Å². The molecule has 0 atom stereocenters. The van der Waals surface area contributed by atoms with Crippen molar-refractivity contribution in [2.45, 2.75) is 19.4 Å². The van der Waals surface area contributed by atoms with Crippen molar-refractivity contribution in [1.29, 1.82) is 0 Å². The van der Waals surface area contributed by atoms with Crippen LogP contribution >= 0.6 is 11.6 Å².